The van der Waals surface area contributed by atoms with Gasteiger partial charge in [-0.25, -0.2) is 0 Å². The van der Waals surface area contributed by atoms with Gasteiger partial charge < -0.3 is 4.57 Å². The molecule has 0 radical (unpaired) electrons. The zero-order valence-corrected chi connectivity index (χ0v) is 11.6. The molecule has 0 N–H and O–H groups in total. The molecule has 2 nitrogen and oxygen atoms in total. The van der Waals surface area contributed by atoms with Gasteiger partial charge in [0.05, 0.1) is 0 Å². The Hall–Kier alpha value is -0.760. The summed E-state index contributed by atoms with van der Waals surface area (Å²) in [5, 5.41) is 0. The number of aromatic nitrogens is 1. The van der Waals surface area contributed by atoms with Gasteiger partial charge in [-0.15, -0.1) is 0 Å². The fourth-order valence-corrected chi connectivity index (χ4v) is 2.38. The van der Waals surface area contributed by atoms with E-state index in [9.17, 15) is 0 Å². The molecule has 0 saturated carbocycles. The predicted octanol–water partition coefficient (Wildman–Crippen LogP) is 3.22. The van der Waals surface area contributed by atoms with Crippen LogP contribution >= 0.6 is 0 Å². The van der Waals surface area contributed by atoms with E-state index in [1.54, 1.807) is 0 Å². The lowest BCUT2D eigenvalue weighted by atomic mass is 10.2. The van der Waals surface area contributed by atoms with Gasteiger partial charge in [0.1, 0.15) is 0 Å². The standard InChI is InChI=1S/C14H26N2/c1-11(2)15(12(3)4)9-10-16-13(5)7-8-14(16)6/h7-8,11-12H,9-10H2,1-6H3. The summed E-state index contributed by atoms with van der Waals surface area (Å²) in [6, 6.07) is 5.64. The van der Waals surface area contributed by atoms with Gasteiger partial charge in [-0.2, -0.15) is 0 Å². The number of hydrogen-bond acceptors (Lipinski definition) is 1. The van der Waals surface area contributed by atoms with E-state index in [1.165, 1.54) is 11.4 Å². The summed E-state index contributed by atoms with van der Waals surface area (Å²) in [4.78, 5) is 2.54. The van der Waals surface area contributed by atoms with Gasteiger partial charge in [-0.05, 0) is 53.7 Å². The Balaban J connectivity index is 2.62. The van der Waals surface area contributed by atoms with Crippen molar-refractivity contribution in [3.63, 3.8) is 0 Å². The Morgan fingerprint density at radius 2 is 1.44 bits per heavy atom. The van der Waals surface area contributed by atoms with E-state index in [0.717, 1.165) is 13.1 Å². The molecule has 1 aromatic rings. The summed E-state index contributed by atoms with van der Waals surface area (Å²) >= 11 is 0. The van der Waals surface area contributed by atoms with Crippen molar-refractivity contribution < 1.29 is 0 Å². The van der Waals surface area contributed by atoms with Crippen molar-refractivity contribution in [2.24, 2.45) is 0 Å². The highest BCUT2D eigenvalue weighted by Gasteiger charge is 2.13. The second-order valence-electron chi connectivity index (χ2n) is 5.19. The number of nitrogens with zero attached hydrogens (tertiary/aromatic N) is 2. The molecule has 1 heterocycles. The zero-order valence-electron chi connectivity index (χ0n) is 11.6. The SMILES string of the molecule is Cc1ccc(C)n1CCN(C(C)C)C(C)C. The summed E-state index contributed by atoms with van der Waals surface area (Å²) in [6.07, 6.45) is 0. The highest BCUT2D eigenvalue weighted by molar-refractivity contribution is 5.13. The zero-order chi connectivity index (χ0) is 12.3. The molecule has 1 rings (SSSR count). The van der Waals surface area contributed by atoms with E-state index in [0.29, 0.717) is 12.1 Å². The molecule has 0 saturated heterocycles. The van der Waals surface area contributed by atoms with Crippen LogP contribution in [0, 0.1) is 13.8 Å². The van der Waals surface area contributed by atoms with E-state index in [1.807, 2.05) is 0 Å². The first kappa shape index (κ1) is 13.3. The van der Waals surface area contributed by atoms with Crippen LogP contribution in [0.3, 0.4) is 0 Å². The first-order valence-electron chi connectivity index (χ1n) is 6.32. The second kappa shape index (κ2) is 5.53. The molecule has 0 aliphatic rings. The molecule has 0 spiro atoms. The number of rotatable bonds is 5. The maximum atomic E-state index is 2.54. The van der Waals surface area contributed by atoms with Gasteiger partial charge in [0, 0.05) is 36.6 Å². The third-order valence-corrected chi connectivity index (χ3v) is 3.33. The molecule has 0 aromatic carbocycles. The van der Waals surface area contributed by atoms with Gasteiger partial charge in [-0.1, -0.05) is 0 Å². The quantitative estimate of drug-likeness (QED) is 0.742. The van der Waals surface area contributed by atoms with Crippen LogP contribution in [-0.4, -0.2) is 28.1 Å². The minimum Gasteiger partial charge on any atom is -0.348 e. The van der Waals surface area contributed by atoms with Crippen molar-refractivity contribution >= 4 is 0 Å². The smallest absolute Gasteiger partial charge is 0.0352 e. The van der Waals surface area contributed by atoms with Crippen LogP contribution in [-0.2, 0) is 6.54 Å². The molecule has 2 heteroatoms. The van der Waals surface area contributed by atoms with Crippen molar-refractivity contribution in [1.82, 2.24) is 9.47 Å². The molecular weight excluding hydrogens is 196 g/mol. The molecule has 0 unspecified atom stereocenters. The highest BCUT2D eigenvalue weighted by atomic mass is 15.2. The van der Waals surface area contributed by atoms with Gasteiger partial charge in [0.25, 0.3) is 0 Å². The largest absolute Gasteiger partial charge is 0.348 e. The van der Waals surface area contributed by atoms with Gasteiger partial charge in [0.2, 0.25) is 0 Å². The third kappa shape index (κ3) is 3.11. The summed E-state index contributed by atoms with van der Waals surface area (Å²) < 4.78 is 2.40. The molecule has 92 valence electrons. The summed E-state index contributed by atoms with van der Waals surface area (Å²) in [6.45, 7) is 15.7. The third-order valence-electron chi connectivity index (χ3n) is 3.33. The van der Waals surface area contributed by atoms with Crippen molar-refractivity contribution in [2.45, 2.75) is 60.2 Å². The fourth-order valence-electron chi connectivity index (χ4n) is 2.38. The van der Waals surface area contributed by atoms with E-state index in [2.05, 4.69) is 63.1 Å². The van der Waals surface area contributed by atoms with Crippen LogP contribution < -0.4 is 0 Å². The number of hydrogen-bond donors (Lipinski definition) is 0. The van der Waals surface area contributed by atoms with Gasteiger partial charge >= 0.3 is 0 Å². The highest BCUT2D eigenvalue weighted by Crippen LogP contribution is 2.10. The van der Waals surface area contributed by atoms with Gasteiger partial charge in [-0.3, -0.25) is 4.90 Å². The Kier molecular flexibility index (Phi) is 4.60. The van der Waals surface area contributed by atoms with Crippen LogP contribution in [0.4, 0.5) is 0 Å². The van der Waals surface area contributed by atoms with E-state index < -0.39 is 0 Å². The molecule has 0 aliphatic carbocycles. The molecule has 1 aromatic heterocycles. The van der Waals surface area contributed by atoms with E-state index >= 15 is 0 Å². The van der Waals surface area contributed by atoms with E-state index in [4.69, 9.17) is 0 Å². The molecule has 16 heavy (non-hydrogen) atoms. The topological polar surface area (TPSA) is 8.17 Å². The van der Waals surface area contributed by atoms with Crippen LogP contribution in [0.1, 0.15) is 39.1 Å². The number of aryl methyl sites for hydroxylation is 2. The second-order valence-corrected chi connectivity index (χ2v) is 5.19. The first-order chi connectivity index (χ1) is 7.43. The van der Waals surface area contributed by atoms with Crippen LogP contribution in [0.25, 0.3) is 0 Å². The van der Waals surface area contributed by atoms with Gasteiger partial charge in [0.15, 0.2) is 0 Å². The monoisotopic (exact) mass is 222 g/mol. The predicted molar refractivity (Wildman–Crippen MR) is 70.9 cm³/mol. The summed E-state index contributed by atoms with van der Waals surface area (Å²) in [5.74, 6) is 0. The summed E-state index contributed by atoms with van der Waals surface area (Å²) in [5.41, 5.74) is 2.73. The lowest BCUT2D eigenvalue weighted by molar-refractivity contribution is 0.167. The Morgan fingerprint density at radius 1 is 1.00 bits per heavy atom. The average molecular weight is 222 g/mol. The van der Waals surface area contributed by atoms with Crippen LogP contribution in [0.15, 0.2) is 12.1 Å². The van der Waals surface area contributed by atoms with Crippen molar-refractivity contribution in [3.8, 4) is 0 Å². The Morgan fingerprint density at radius 3 is 1.81 bits per heavy atom. The molecule has 0 aliphatic heterocycles. The maximum absolute atomic E-state index is 2.54. The lowest BCUT2D eigenvalue weighted by Gasteiger charge is -2.31. The maximum Gasteiger partial charge on any atom is 0.0352 e. The van der Waals surface area contributed by atoms with Crippen LogP contribution in [0.2, 0.25) is 0 Å². The molecule has 0 fully saturated rings. The normalized spacial score (nSPS) is 12.1. The fraction of sp³-hybridized carbons (Fsp3) is 0.714. The molecule has 0 amide bonds. The minimum atomic E-state index is 0.621. The summed E-state index contributed by atoms with van der Waals surface area (Å²) in [7, 11) is 0. The van der Waals surface area contributed by atoms with E-state index in [-0.39, 0.29) is 0 Å². The average Bonchev–Trinajstić information content (AvgIpc) is 2.47. The van der Waals surface area contributed by atoms with Crippen molar-refractivity contribution in [3.05, 3.63) is 23.5 Å². The molecule has 0 atom stereocenters. The van der Waals surface area contributed by atoms with Crippen LogP contribution in [0.5, 0.6) is 0 Å². The Labute approximate surface area is 100 Å². The molecule has 0 bridgehead atoms. The van der Waals surface area contributed by atoms with Crippen molar-refractivity contribution in [2.75, 3.05) is 6.54 Å². The minimum absolute atomic E-state index is 0.621. The lowest BCUT2D eigenvalue weighted by Crippen LogP contribution is -2.39. The van der Waals surface area contributed by atoms with Crippen molar-refractivity contribution in [1.29, 1.82) is 0 Å². The Bertz CT molecular complexity index is 296. The first-order valence-corrected chi connectivity index (χ1v) is 6.32. The molecular formula is C14H26N2.